The van der Waals surface area contributed by atoms with Crippen molar-refractivity contribution in [3.05, 3.63) is 12.3 Å². The summed E-state index contributed by atoms with van der Waals surface area (Å²) in [5.41, 5.74) is 0. The van der Waals surface area contributed by atoms with E-state index in [1.165, 1.54) is 0 Å². The number of fused-ring (bicyclic) bond motifs is 1. The van der Waals surface area contributed by atoms with Gasteiger partial charge in [0.05, 0.1) is 0 Å². The maximum atomic E-state index is 3.26. The first kappa shape index (κ1) is 3.53. The molecule has 1 nitrogen and oxygen atoms in total. The van der Waals surface area contributed by atoms with Gasteiger partial charge in [-0.3, -0.25) is 0 Å². The molecule has 0 radical (unpaired) electrons. The zero-order valence-electron chi connectivity index (χ0n) is 4.39. The summed E-state index contributed by atoms with van der Waals surface area (Å²) in [5.74, 6) is 1.81. The van der Waals surface area contributed by atoms with Crippen molar-refractivity contribution in [1.29, 1.82) is 0 Å². The maximum absolute atomic E-state index is 3.26. The Morgan fingerprint density at radius 2 is 2.43 bits per heavy atom. The normalized spacial score (nSPS) is 53.6. The molecule has 0 saturated heterocycles. The van der Waals surface area contributed by atoms with Gasteiger partial charge >= 0.3 is 0 Å². The summed E-state index contributed by atoms with van der Waals surface area (Å²) < 4.78 is 0. The quantitative estimate of drug-likeness (QED) is 0.468. The smallest absolute Gasteiger partial charge is 0.0354 e. The number of hydrogen-bond donors (Lipinski definition) is 1. The predicted molar refractivity (Wildman–Crippen MR) is 28.7 cm³/mol. The second kappa shape index (κ2) is 0.857. The largest absolute Gasteiger partial charge is 0.388 e. The van der Waals surface area contributed by atoms with Crippen LogP contribution in [0, 0.1) is 11.8 Å². The van der Waals surface area contributed by atoms with Crippen LogP contribution in [0.4, 0.5) is 0 Å². The first-order chi connectivity index (χ1) is 3.39. The van der Waals surface area contributed by atoms with Crippen molar-refractivity contribution in [1.82, 2.24) is 5.32 Å². The molecular formula is C6H9N. The summed E-state index contributed by atoms with van der Waals surface area (Å²) in [6.07, 6.45) is 4.32. The molecule has 1 aliphatic heterocycles. The van der Waals surface area contributed by atoms with Crippen molar-refractivity contribution in [2.45, 2.75) is 13.0 Å². The highest BCUT2D eigenvalue weighted by atomic mass is 15.0. The second-order valence-corrected chi connectivity index (χ2v) is 2.49. The summed E-state index contributed by atoms with van der Waals surface area (Å²) >= 11 is 0. The van der Waals surface area contributed by atoms with Gasteiger partial charge in [0.25, 0.3) is 0 Å². The highest BCUT2D eigenvalue weighted by Gasteiger charge is 2.46. The third-order valence-electron chi connectivity index (χ3n) is 2.05. The Balaban J connectivity index is 2.18. The first-order valence-corrected chi connectivity index (χ1v) is 2.82. The molecule has 0 aromatic carbocycles. The van der Waals surface area contributed by atoms with Gasteiger partial charge in [0.2, 0.25) is 0 Å². The van der Waals surface area contributed by atoms with Crippen LogP contribution >= 0.6 is 0 Å². The predicted octanol–water partition coefficient (Wildman–Crippen LogP) is 0.738. The van der Waals surface area contributed by atoms with Gasteiger partial charge in [-0.1, -0.05) is 13.0 Å². The van der Waals surface area contributed by atoms with E-state index >= 15 is 0 Å². The SMILES string of the molecule is CC1C2C=CNC12. The fourth-order valence-electron chi connectivity index (χ4n) is 1.33. The van der Waals surface area contributed by atoms with Crippen molar-refractivity contribution >= 4 is 0 Å². The van der Waals surface area contributed by atoms with Gasteiger partial charge in [-0.15, -0.1) is 0 Å². The number of nitrogens with one attached hydrogen (secondary N) is 1. The molecule has 1 N–H and O–H groups in total. The zero-order valence-corrected chi connectivity index (χ0v) is 4.39. The van der Waals surface area contributed by atoms with Crippen LogP contribution in [-0.4, -0.2) is 6.04 Å². The maximum Gasteiger partial charge on any atom is 0.0354 e. The minimum absolute atomic E-state index is 0.819. The van der Waals surface area contributed by atoms with E-state index in [9.17, 15) is 0 Å². The van der Waals surface area contributed by atoms with E-state index in [-0.39, 0.29) is 0 Å². The van der Waals surface area contributed by atoms with E-state index in [1.54, 1.807) is 0 Å². The fourth-order valence-corrected chi connectivity index (χ4v) is 1.33. The monoisotopic (exact) mass is 95.1 g/mol. The minimum Gasteiger partial charge on any atom is -0.388 e. The van der Waals surface area contributed by atoms with E-state index in [4.69, 9.17) is 0 Å². The van der Waals surface area contributed by atoms with Crippen LogP contribution in [0.5, 0.6) is 0 Å². The summed E-state index contributed by atoms with van der Waals surface area (Å²) in [4.78, 5) is 0. The molecule has 1 saturated carbocycles. The summed E-state index contributed by atoms with van der Waals surface area (Å²) in [5, 5.41) is 3.26. The molecule has 7 heavy (non-hydrogen) atoms. The van der Waals surface area contributed by atoms with Gasteiger partial charge in [-0.05, 0) is 12.1 Å². The van der Waals surface area contributed by atoms with Crippen LogP contribution in [0.25, 0.3) is 0 Å². The minimum atomic E-state index is 0.819. The highest BCUT2D eigenvalue weighted by molar-refractivity contribution is 5.18. The van der Waals surface area contributed by atoms with Crippen molar-refractivity contribution in [2.75, 3.05) is 0 Å². The molecule has 1 fully saturated rings. The lowest BCUT2D eigenvalue weighted by atomic mass is 10.3. The third-order valence-corrected chi connectivity index (χ3v) is 2.05. The molecule has 0 amide bonds. The van der Waals surface area contributed by atoms with Gasteiger partial charge in [-0.2, -0.15) is 0 Å². The van der Waals surface area contributed by atoms with Gasteiger partial charge in [0.15, 0.2) is 0 Å². The molecule has 3 atom stereocenters. The lowest BCUT2D eigenvalue weighted by molar-refractivity contribution is 0.785. The Morgan fingerprint density at radius 3 is 2.71 bits per heavy atom. The van der Waals surface area contributed by atoms with Crippen LogP contribution in [0.2, 0.25) is 0 Å². The molecule has 1 heterocycles. The van der Waals surface area contributed by atoms with Gasteiger partial charge < -0.3 is 5.32 Å². The Morgan fingerprint density at radius 1 is 1.57 bits per heavy atom. The molecule has 0 bridgehead atoms. The van der Waals surface area contributed by atoms with Crippen LogP contribution < -0.4 is 5.32 Å². The van der Waals surface area contributed by atoms with E-state index in [2.05, 4.69) is 24.5 Å². The van der Waals surface area contributed by atoms with E-state index in [0.29, 0.717) is 0 Å². The standard InChI is InChI=1S/C6H9N/c1-4-5-2-3-7-6(4)5/h2-7H,1H3. The van der Waals surface area contributed by atoms with Crippen LogP contribution in [0.15, 0.2) is 12.3 Å². The van der Waals surface area contributed by atoms with Crippen molar-refractivity contribution in [3.63, 3.8) is 0 Å². The van der Waals surface area contributed by atoms with Crippen molar-refractivity contribution < 1.29 is 0 Å². The Bertz CT molecular complexity index is 117. The van der Waals surface area contributed by atoms with E-state index in [0.717, 1.165) is 17.9 Å². The van der Waals surface area contributed by atoms with Gasteiger partial charge in [0.1, 0.15) is 0 Å². The third kappa shape index (κ3) is 0.287. The van der Waals surface area contributed by atoms with Gasteiger partial charge in [-0.25, -0.2) is 0 Å². The molecule has 3 unspecified atom stereocenters. The average Bonchev–Trinajstić information content (AvgIpc) is 2.26. The zero-order chi connectivity index (χ0) is 4.85. The molecular weight excluding hydrogens is 86.1 g/mol. The molecule has 1 heteroatoms. The molecule has 2 aliphatic rings. The van der Waals surface area contributed by atoms with E-state index in [1.807, 2.05) is 0 Å². The average molecular weight is 95.1 g/mol. The molecule has 0 aromatic rings. The summed E-state index contributed by atoms with van der Waals surface area (Å²) in [6.45, 7) is 2.28. The van der Waals surface area contributed by atoms with Crippen LogP contribution in [-0.2, 0) is 0 Å². The summed E-state index contributed by atoms with van der Waals surface area (Å²) in [6, 6.07) is 0.819. The van der Waals surface area contributed by atoms with Gasteiger partial charge in [0, 0.05) is 12.0 Å². The Hall–Kier alpha value is -0.460. The first-order valence-electron chi connectivity index (χ1n) is 2.82. The number of rotatable bonds is 0. The van der Waals surface area contributed by atoms with Crippen LogP contribution in [0.3, 0.4) is 0 Å². The Labute approximate surface area is 43.4 Å². The molecule has 0 spiro atoms. The topological polar surface area (TPSA) is 12.0 Å². The number of hydrogen-bond acceptors (Lipinski definition) is 1. The summed E-state index contributed by atoms with van der Waals surface area (Å²) in [7, 11) is 0. The van der Waals surface area contributed by atoms with Crippen molar-refractivity contribution in [2.24, 2.45) is 11.8 Å². The molecule has 0 aromatic heterocycles. The Kier molecular flexibility index (Phi) is 0.432. The molecule has 2 rings (SSSR count). The fraction of sp³-hybridized carbons (Fsp3) is 0.667. The second-order valence-electron chi connectivity index (χ2n) is 2.49. The lowest BCUT2D eigenvalue weighted by Crippen LogP contribution is -2.05. The lowest BCUT2D eigenvalue weighted by Gasteiger charge is -1.88. The van der Waals surface area contributed by atoms with Crippen molar-refractivity contribution in [3.8, 4) is 0 Å². The molecule has 38 valence electrons. The van der Waals surface area contributed by atoms with Crippen LogP contribution in [0.1, 0.15) is 6.92 Å². The molecule has 1 aliphatic carbocycles. The highest BCUT2D eigenvalue weighted by Crippen LogP contribution is 2.42. The van der Waals surface area contributed by atoms with E-state index < -0.39 is 0 Å².